The molecular weight excluding hydrogens is 164 g/mol. The third-order valence-electron chi connectivity index (χ3n) is 2.50. The summed E-state index contributed by atoms with van der Waals surface area (Å²) < 4.78 is 0. The topological polar surface area (TPSA) is 49.8 Å². The van der Waals surface area contributed by atoms with Gasteiger partial charge in [0.15, 0.2) is 0 Å². The first-order chi connectivity index (χ1) is 6.45. The molecule has 4 heteroatoms. The highest BCUT2D eigenvalue weighted by atomic mass is 15.2. The summed E-state index contributed by atoms with van der Waals surface area (Å²) >= 11 is 0. The highest BCUT2D eigenvalue weighted by molar-refractivity contribution is 5.54. The smallest absolute Gasteiger partial charge is 0.109 e. The van der Waals surface area contributed by atoms with Gasteiger partial charge in [0, 0.05) is 12.4 Å². The van der Waals surface area contributed by atoms with E-state index in [1.165, 1.54) is 5.70 Å². The first-order valence-electron chi connectivity index (χ1n) is 4.44. The van der Waals surface area contributed by atoms with Crippen LogP contribution in [0, 0.1) is 0 Å². The Morgan fingerprint density at radius 2 is 2.23 bits per heavy atom. The van der Waals surface area contributed by atoms with Crippen molar-refractivity contribution in [1.82, 2.24) is 20.6 Å². The van der Waals surface area contributed by atoms with Crippen LogP contribution in [0.2, 0.25) is 0 Å². The maximum Gasteiger partial charge on any atom is 0.109 e. The molecule has 4 nitrogen and oxygen atoms in total. The van der Waals surface area contributed by atoms with Gasteiger partial charge in [-0.25, -0.2) is 0 Å². The van der Waals surface area contributed by atoms with E-state index < -0.39 is 0 Å². The quantitative estimate of drug-likeness (QED) is 0.491. The monoisotopic (exact) mass is 174 g/mol. The van der Waals surface area contributed by atoms with Crippen LogP contribution in [0.15, 0.2) is 12.4 Å². The van der Waals surface area contributed by atoms with Crippen molar-refractivity contribution in [3.8, 4) is 0 Å². The second kappa shape index (κ2) is 2.53. The summed E-state index contributed by atoms with van der Waals surface area (Å²) in [6.07, 6.45) is 6.62. The molecule has 0 saturated carbocycles. The molecule has 0 aromatic carbocycles. The second-order valence-corrected chi connectivity index (χ2v) is 3.25. The van der Waals surface area contributed by atoms with Crippen molar-refractivity contribution in [3.63, 3.8) is 0 Å². The molecule has 1 aromatic rings. The Bertz CT molecular complexity index is 451. The normalized spacial score (nSPS) is 24.3. The maximum absolute atomic E-state index is 4.33. The van der Waals surface area contributed by atoms with Gasteiger partial charge >= 0.3 is 0 Å². The molecule has 0 spiro atoms. The fraction of sp³-hybridized carbons (Fsp3) is 0.333. The first-order valence-corrected chi connectivity index (χ1v) is 4.44. The van der Waals surface area contributed by atoms with Gasteiger partial charge in [0.2, 0.25) is 0 Å². The summed E-state index contributed by atoms with van der Waals surface area (Å²) in [5, 5.41) is 8.66. The molecule has 1 saturated heterocycles. The van der Waals surface area contributed by atoms with Crippen molar-refractivity contribution < 1.29 is 0 Å². The Hall–Kier alpha value is -1.42. The minimum absolute atomic E-state index is 0.421. The van der Waals surface area contributed by atoms with E-state index >= 15 is 0 Å². The molecule has 66 valence electrons. The number of fused-ring (bicyclic) bond motifs is 2. The molecule has 1 unspecified atom stereocenters. The third kappa shape index (κ3) is 0.954. The van der Waals surface area contributed by atoms with Crippen LogP contribution in [0.1, 0.15) is 6.42 Å². The lowest BCUT2D eigenvalue weighted by molar-refractivity contribution is 0.688. The van der Waals surface area contributed by atoms with E-state index in [9.17, 15) is 0 Å². The summed E-state index contributed by atoms with van der Waals surface area (Å²) in [5.74, 6) is 0. The van der Waals surface area contributed by atoms with Crippen LogP contribution < -0.4 is 21.3 Å². The van der Waals surface area contributed by atoms with E-state index in [-0.39, 0.29) is 0 Å². The third-order valence-corrected chi connectivity index (χ3v) is 2.50. The van der Waals surface area contributed by atoms with Gasteiger partial charge in [0.1, 0.15) is 5.35 Å². The minimum atomic E-state index is 0.421. The van der Waals surface area contributed by atoms with Crippen molar-refractivity contribution in [2.24, 2.45) is 0 Å². The molecular formula is C9H10N4. The van der Waals surface area contributed by atoms with Gasteiger partial charge in [-0.15, -0.1) is 0 Å². The fourth-order valence-corrected chi connectivity index (χ4v) is 1.88. The first kappa shape index (κ1) is 7.03. The Morgan fingerprint density at radius 1 is 1.31 bits per heavy atom. The zero-order chi connectivity index (χ0) is 8.67. The highest BCUT2D eigenvalue weighted by Gasteiger charge is 2.22. The SMILES string of the molecule is C1=c2nccnc2=C2NCNC2C1. The van der Waals surface area contributed by atoms with Crippen molar-refractivity contribution >= 4 is 11.8 Å². The van der Waals surface area contributed by atoms with Crippen LogP contribution in [-0.4, -0.2) is 22.7 Å². The van der Waals surface area contributed by atoms with Crippen molar-refractivity contribution in [3.05, 3.63) is 23.1 Å². The average Bonchev–Trinajstić information content (AvgIpc) is 2.65. The molecule has 3 rings (SSSR count). The van der Waals surface area contributed by atoms with E-state index in [1.807, 2.05) is 0 Å². The van der Waals surface area contributed by atoms with Gasteiger partial charge in [0.25, 0.3) is 0 Å². The van der Waals surface area contributed by atoms with Crippen LogP contribution >= 0.6 is 0 Å². The van der Waals surface area contributed by atoms with Gasteiger partial charge in [-0.2, -0.15) is 0 Å². The van der Waals surface area contributed by atoms with Crippen LogP contribution in [0.5, 0.6) is 0 Å². The van der Waals surface area contributed by atoms with Crippen LogP contribution in [0.25, 0.3) is 11.8 Å². The van der Waals surface area contributed by atoms with Crippen LogP contribution in [-0.2, 0) is 0 Å². The Morgan fingerprint density at radius 3 is 3.23 bits per heavy atom. The molecule has 1 aliphatic heterocycles. The van der Waals surface area contributed by atoms with E-state index in [0.717, 1.165) is 23.8 Å². The van der Waals surface area contributed by atoms with Gasteiger partial charge in [-0.3, -0.25) is 15.3 Å². The van der Waals surface area contributed by atoms with Gasteiger partial charge in [-0.05, 0) is 6.42 Å². The summed E-state index contributed by atoms with van der Waals surface area (Å²) in [7, 11) is 0. The predicted molar refractivity (Wildman–Crippen MR) is 48.7 cm³/mol. The molecule has 13 heavy (non-hydrogen) atoms. The second-order valence-electron chi connectivity index (χ2n) is 3.25. The summed E-state index contributed by atoms with van der Waals surface area (Å²) in [6.45, 7) is 0.837. The molecule has 2 heterocycles. The molecule has 1 fully saturated rings. The molecule has 2 N–H and O–H groups in total. The van der Waals surface area contributed by atoms with E-state index in [1.54, 1.807) is 12.4 Å². The van der Waals surface area contributed by atoms with Crippen LogP contribution in [0.3, 0.4) is 0 Å². The molecule has 0 radical (unpaired) electrons. The number of nitrogens with zero attached hydrogens (tertiary/aromatic N) is 2. The van der Waals surface area contributed by atoms with E-state index in [2.05, 4.69) is 26.7 Å². The van der Waals surface area contributed by atoms with Crippen molar-refractivity contribution in [1.29, 1.82) is 0 Å². The lowest BCUT2D eigenvalue weighted by Crippen LogP contribution is -2.41. The lowest BCUT2D eigenvalue weighted by atomic mass is 10.1. The zero-order valence-corrected chi connectivity index (χ0v) is 7.12. The number of hydrogen-bond donors (Lipinski definition) is 2. The minimum Gasteiger partial charge on any atom is -0.373 e. The lowest BCUT2D eigenvalue weighted by Gasteiger charge is -2.11. The van der Waals surface area contributed by atoms with E-state index in [0.29, 0.717) is 6.04 Å². The standard InChI is InChI=1S/C9H10N4/c1-2-7-9(13-5-12-7)8-6(1)10-3-4-11-8/h1,3-4,7,12-13H,2,5H2. The van der Waals surface area contributed by atoms with Crippen molar-refractivity contribution in [2.45, 2.75) is 12.5 Å². The maximum atomic E-state index is 4.33. The van der Waals surface area contributed by atoms with Gasteiger partial charge < -0.3 is 5.32 Å². The number of hydrogen-bond acceptors (Lipinski definition) is 4. The van der Waals surface area contributed by atoms with Gasteiger partial charge in [-0.1, -0.05) is 6.08 Å². The number of aromatic nitrogens is 2. The number of nitrogens with one attached hydrogen (secondary N) is 2. The molecule has 1 atom stereocenters. The van der Waals surface area contributed by atoms with Gasteiger partial charge in [0.05, 0.1) is 23.8 Å². The Balaban J connectivity index is 2.38. The Kier molecular flexibility index (Phi) is 1.37. The van der Waals surface area contributed by atoms with E-state index in [4.69, 9.17) is 0 Å². The molecule has 1 aromatic heterocycles. The molecule has 2 aliphatic rings. The summed E-state index contributed by atoms with van der Waals surface area (Å²) in [5.41, 5.74) is 1.20. The zero-order valence-electron chi connectivity index (χ0n) is 7.12. The number of rotatable bonds is 0. The van der Waals surface area contributed by atoms with Crippen LogP contribution in [0.4, 0.5) is 0 Å². The summed E-state index contributed by atoms with van der Waals surface area (Å²) in [6, 6.07) is 0.421. The van der Waals surface area contributed by atoms with Crippen molar-refractivity contribution in [2.75, 3.05) is 6.67 Å². The molecule has 1 aliphatic carbocycles. The fourth-order valence-electron chi connectivity index (χ4n) is 1.88. The summed E-state index contributed by atoms with van der Waals surface area (Å²) in [4.78, 5) is 8.60. The average molecular weight is 174 g/mol. The Labute approximate surface area is 75.4 Å². The largest absolute Gasteiger partial charge is 0.373 e. The molecule has 0 amide bonds. The highest BCUT2D eigenvalue weighted by Crippen LogP contribution is 2.09. The predicted octanol–water partition coefficient (Wildman–Crippen LogP) is -1.71. The molecule has 0 bridgehead atoms.